The van der Waals surface area contributed by atoms with Crippen molar-refractivity contribution >= 4 is 26.7 Å². The summed E-state index contributed by atoms with van der Waals surface area (Å²) < 4.78 is 23.1. The molecule has 2 heterocycles. The van der Waals surface area contributed by atoms with Crippen LogP contribution in [0.2, 0.25) is 0 Å². The summed E-state index contributed by atoms with van der Waals surface area (Å²) in [6.45, 7) is 1.98. The Morgan fingerprint density at radius 1 is 1.04 bits per heavy atom. The van der Waals surface area contributed by atoms with Crippen molar-refractivity contribution in [2.75, 3.05) is 30.3 Å². The lowest BCUT2D eigenvalue weighted by atomic mass is 10.0. The number of hydrogen-bond donors (Lipinski definition) is 1. The van der Waals surface area contributed by atoms with Crippen molar-refractivity contribution < 1.29 is 8.42 Å². The highest BCUT2D eigenvalue weighted by atomic mass is 32.2. The Labute approximate surface area is 152 Å². The number of aromatic nitrogens is 2. The SMILES string of the molecule is Nc1ncc2c(-c3ccc(CN4CCS(=O)(=O)CC4)cc3)cccc2n1. The van der Waals surface area contributed by atoms with Gasteiger partial charge in [-0.15, -0.1) is 0 Å². The van der Waals surface area contributed by atoms with Crippen LogP contribution < -0.4 is 5.73 Å². The first-order chi connectivity index (χ1) is 12.5. The van der Waals surface area contributed by atoms with Crippen LogP contribution >= 0.6 is 0 Å². The molecule has 3 aromatic rings. The Kier molecular flexibility index (Phi) is 4.34. The molecule has 0 unspecified atom stereocenters. The van der Waals surface area contributed by atoms with Crippen LogP contribution in [-0.4, -0.2) is 47.9 Å². The summed E-state index contributed by atoms with van der Waals surface area (Å²) >= 11 is 0. The number of benzene rings is 2. The zero-order chi connectivity index (χ0) is 18.1. The van der Waals surface area contributed by atoms with Crippen molar-refractivity contribution in [3.05, 3.63) is 54.2 Å². The highest BCUT2D eigenvalue weighted by molar-refractivity contribution is 7.91. The molecule has 1 aliphatic rings. The van der Waals surface area contributed by atoms with Gasteiger partial charge in [-0.3, -0.25) is 4.90 Å². The highest BCUT2D eigenvalue weighted by Gasteiger charge is 2.21. The van der Waals surface area contributed by atoms with Crippen LogP contribution in [0.5, 0.6) is 0 Å². The van der Waals surface area contributed by atoms with Crippen LogP contribution in [0.1, 0.15) is 5.56 Å². The Balaban J connectivity index is 1.55. The van der Waals surface area contributed by atoms with Gasteiger partial charge in [0.05, 0.1) is 17.0 Å². The molecule has 1 aromatic heterocycles. The van der Waals surface area contributed by atoms with Crippen LogP contribution in [-0.2, 0) is 16.4 Å². The average Bonchev–Trinajstić information content (AvgIpc) is 2.63. The number of rotatable bonds is 3. The minimum Gasteiger partial charge on any atom is -0.368 e. The third-order valence-electron chi connectivity index (χ3n) is 4.75. The summed E-state index contributed by atoms with van der Waals surface area (Å²) in [4.78, 5) is 10.6. The van der Waals surface area contributed by atoms with Gasteiger partial charge in [-0.2, -0.15) is 0 Å². The normalized spacial score (nSPS) is 17.4. The summed E-state index contributed by atoms with van der Waals surface area (Å²) in [7, 11) is -2.84. The molecular formula is C19H20N4O2S. The third-order valence-corrected chi connectivity index (χ3v) is 6.36. The van der Waals surface area contributed by atoms with Crippen molar-refractivity contribution in [2.45, 2.75) is 6.54 Å². The molecule has 4 rings (SSSR count). The van der Waals surface area contributed by atoms with Crippen LogP contribution in [0.4, 0.5) is 5.95 Å². The molecule has 7 heteroatoms. The number of anilines is 1. The lowest BCUT2D eigenvalue weighted by Gasteiger charge is -2.26. The Morgan fingerprint density at radius 2 is 1.77 bits per heavy atom. The van der Waals surface area contributed by atoms with Crippen LogP contribution in [0.25, 0.3) is 22.0 Å². The van der Waals surface area contributed by atoms with Gasteiger partial charge in [0.15, 0.2) is 9.84 Å². The van der Waals surface area contributed by atoms with E-state index in [0.29, 0.717) is 13.1 Å². The topological polar surface area (TPSA) is 89.2 Å². The monoisotopic (exact) mass is 368 g/mol. The first-order valence-corrected chi connectivity index (χ1v) is 10.4. The van der Waals surface area contributed by atoms with E-state index in [2.05, 4.69) is 39.1 Å². The predicted molar refractivity (Wildman–Crippen MR) is 103 cm³/mol. The number of nitrogens with zero attached hydrogens (tertiary/aromatic N) is 3. The summed E-state index contributed by atoms with van der Waals surface area (Å²) in [5, 5.41) is 0.968. The van der Waals surface area contributed by atoms with E-state index in [1.54, 1.807) is 6.20 Å². The van der Waals surface area contributed by atoms with Crippen molar-refractivity contribution in [3.8, 4) is 11.1 Å². The smallest absolute Gasteiger partial charge is 0.220 e. The van der Waals surface area contributed by atoms with Gasteiger partial charge in [-0.25, -0.2) is 18.4 Å². The molecule has 0 aliphatic carbocycles. The number of hydrogen-bond acceptors (Lipinski definition) is 6. The third kappa shape index (κ3) is 3.54. The second-order valence-electron chi connectivity index (χ2n) is 6.59. The molecule has 0 radical (unpaired) electrons. The summed E-state index contributed by atoms with van der Waals surface area (Å²) in [6.07, 6.45) is 1.76. The molecule has 0 saturated carbocycles. The van der Waals surface area contributed by atoms with Crippen molar-refractivity contribution in [2.24, 2.45) is 0 Å². The van der Waals surface area contributed by atoms with E-state index in [4.69, 9.17) is 5.73 Å². The van der Waals surface area contributed by atoms with E-state index >= 15 is 0 Å². The van der Waals surface area contributed by atoms with E-state index in [0.717, 1.165) is 28.6 Å². The molecule has 0 amide bonds. The first kappa shape index (κ1) is 16.9. The zero-order valence-corrected chi connectivity index (χ0v) is 15.1. The van der Waals surface area contributed by atoms with E-state index < -0.39 is 9.84 Å². The largest absolute Gasteiger partial charge is 0.368 e. The van der Waals surface area contributed by atoms with Gasteiger partial charge in [0, 0.05) is 31.2 Å². The number of nitrogens with two attached hydrogens (primary N) is 1. The summed E-state index contributed by atoms with van der Waals surface area (Å²) in [5.41, 5.74) is 9.84. The predicted octanol–water partition coefficient (Wildman–Crippen LogP) is 2.11. The lowest BCUT2D eigenvalue weighted by molar-refractivity contribution is 0.287. The summed E-state index contributed by atoms with van der Waals surface area (Å²) in [5.74, 6) is 0.780. The first-order valence-electron chi connectivity index (χ1n) is 8.53. The molecule has 1 aliphatic heterocycles. The molecule has 1 saturated heterocycles. The molecule has 0 bridgehead atoms. The van der Waals surface area contributed by atoms with Gasteiger partial charge in [0.1, 0.15) is 0 Å². The van der Waals surface area contributed by atoms with Gasteiger partial charge in [0.2, 0.25) is 5.95 Å². The maximum Gasteiger partial charge on any atom is 0.220 e. The number of fused-ring (bicyclic) bond motifs is 1. The van der Waals surface area contributed by atoms with Gasteiger partial charge >= 0.3 is 0 Å². The Hall–Kier alpha value is -2.51. The van der Waals surface area contributed by atoms with Crippen LogP contribution in [0, 0.1) is 0 Å². The van der Waals surface area contributed by atoms with Crippen molar-refractivity contribution in [3.63, 3.8) is 0 Å². The van der Waals surface area contributed by atoms with Crippen molar-refractivity contribution in [1.29, 1.82) is 0 Å². The fourth-order valence-corrected chi connectivity index (χ4v) is 4.55. The molecule has 6 nitrogen and oxygen atoms in total. The van der Waals surface area contributed by atoms with E-state index in [9.17, 15) is 8.42 Å². The van der Waals surface area contributed by atoms with Gasteiger partial charge in [-0.1, -0.05) is 36.4 Å². The second-order valence-corrected chi connectivity index (χ2v) is 8.90. The molecule has 2 aromatic carbocycles. The minimum atomic E-state index is -2.84. The Bertz CT molecular complexity index is 1030. The standard InChI is InChI=1S/C19H20N4O2S/c20-19-21-12-17-16(2-1-3-18(17)22-19)15-6-4-14(5-7-15)13-23-8-10-26(24,25)11-9-23/h1-7,12H,8-11,13H2,(H2,20,21,22). The van der Waals surface area contributed by atoms with E-state index in [1.165, 1.54) is 5.56 Å². The van der Waals surface area contributed by atoms with E-state index in [-0.39, 0.29) is 17.5 Å². The molecule has 134 valence electrons. The van der Waals surface area contributed by atoms with Gasteiger partial charge in [0.25, 0.3) is 0 Å². The van der Waals surface area contributed by atoms with Gasteiger partial charge in [-0.05, 0) is 22.8 Å². The second kappa shape index (κ2) is 6.66. The zero-order valence-electron chi connectivity index (χ0n) is 14.3. The van der Waals surface area contributed by atoms with Crippen LogP contribution in [0.15, 0.2) is 48.7 Å². The molecular weight excluding hydrogens is 348 g/mol. The van der Waals surface area contributed by atoms with E-state index in [1.807, 2.05) is 18.2 Å². The quantitative estimate of drug-likeness (QED) is 0.762. The minimum absolute atomic E-state index is 0.254. The molecule has 0 spiro atoms. The maximum atomic E-state index is 11.5. The van der Waals surface area contributed by atoms with Crippen molar-refractivity contribution in [1.82, 2.24) is 14.9 Å². The number of nitrogen functional groups attached to an aromatic ring is 1. The molecule has 1 fully saturated rings. The lowest BCUT2D eigenvalue weighted by Crippen LogP contribution is -2.39. The maximum absolute atomic E-state index is 11.5. The molecule has 2 N–H and O–H groups in total. The average molecular weight is 368 g/mol. The Morgan fingerprint density at radius 3 is 2.50 bits per heavy atom. The fraction of sp³-hybridized carbons (Fsp3) is 0.263. The van der Waals surface area contributed by atoms with Crippen LogP contribution in [0.3, 0.4) is 0 Å². The number of sulfone groups is 1. The van der Waals surface area contributed by atoms with Gasteiger partial charge < -0.3 is 5.73 Å². The summed E-state index contributed by atoms with van der Waals surface area (Å²) in [6, 6.07) is 14.3. The molecule has 0 atom stereocenters. The fourth-order valence-electron chi connectivity index (χ4n) is 3.28. The molecule has 26 heavy (non-hydrogen) atoms. The highest BCUT2D eigenvalue weighted by Crippen LogP contribution is 2.28.